The number of hydrogen-bond donors (Lipinski definition) is 2. The Hall–Kier alpha value is -0.500. The molecule has 3 heteroatoms. The fourth-order valence-electron chi connectivity index (χ4n) is 0.639. The second-order valence-electron chi connectivity index (χ2n) is 2.36. The largest absolute Gasteiger partial charge is 0.394 e. The summed E-state index contributed by atoms with van der Waals surface area (Å²) in [6.45, 7) is 4.00. The molecule has 0 aliphatic heterocycles. The van der Waals surface area contributed by atoms with E-state index in [1.54, 1.807) is 13.2 Å². The zero-order valence-corrected chi connectivity index (χ0v) is 7.29. The maximum Gasteiger partial charge on any atom is 0.125 e. The van der Waals surface area contributed by atoms with Crippen LogP contribution in [-0.4, -0.2) is 12.2 Å². The van der Waals surface area contributed by atoms with Crippen LogP contribution in [0.1, 0.15) is 13.8 Å². The van der Waals surface area contributed by atoms with Crippen LogP contribution in [-0.2, 0) is 0 Å². The molecular formula is C7H13ClN2. The predicted octanol–water partition coefficient (Wildman–Crippen LogP) is 1.96. The van der Waals surface area contributed by atoms with Crippen molar-refractivity contribution in [2.24, 2.45) is 5.92 Å². The molecule has 0 heterocycles. The predicted molar refractivity (Wildman–Crippen MR) is 45.6 cm³/mol. The van der Waals surface area contributed by atoms with Crippen molar-refractivity contribution in [3.05, 3.63) is 11.8 Å². The summed E-state index contributed by atoms with van der Waals surface area (Å²) in [7, 11) is 1.79. The van der Waals surface area contributed by atoms with Crippen molar-refractivity contribution in [1.29, 1.82) is 5.41 Å². The molecule has 0 unspecified atom stereocenters. The Labute approximate surface area is 66.8 Å². The van der Waals surface area contributed by atoms with Crippen LogP contribution in [0.2, 0.25) is 0 Å². The number of halogens is 1. The molecule has 0 aliphatic rings. The Morgan fingerprint density at radius 1 is 1.60 bits per heavy atom. The highest BCUT2D eigenvalue weighted by Crippen LogP contribution is 2.11. The molecule has 0 amide bonds. The van der Waals surface area contributed by atoms with Gasteiger partial charge in [0, 0.05) is 18.8 Å². The first-order valence-corrected chi connectivity index (χ1v) is 3.59. The van der Waals surface area contributed by atoms with Gasteiger partial charge in [0.2, 0.25) is 0 Å². The summed E-state index contributed by atoms with van der Waals surface area (Å²) in [5.74, 6) is 0.303. The van der Waals surface area contributed by atoms with Crippen molar-refractivity contribution < 1.29 is 0 Å². The molecule has 2 N–H and O–H groups in total. The molecule has 0 bridgehead atoms. The van der Waals surface area contributed by atoms with E-state index in [2.05, 4.69) is 5.32 Å². The second kappa shape index (κ2) is 4.34. The van der Waals surface area contributed by atoms with Crippen LogP contribution >= 0.6 is 11.6 Å². The maximum absolute atomic E-state index is 7.14. The smallest absolute Gasteiger partial charge is 0.125 e. The first kappa shape index (κ1) is 9.50. The van der Waals surface area contributed by atoms with E-state index in [9.17, 15) is 0 Å². The van der Waals surface area contributed by atoms with Gasteiger partial charge in [-0.25, -0.2) is 0 Å². The van der Waals surface area contributed by atoms with E-state index in [0.29, 0.717) is 5.92 Å². The molecule has 0 aromatic rings. The fraction of sp³-hybridized carbons (Fsp3) is 0.571. The highest BCUT2D eigenvalue weighted by molar-refractivity contribution is 6.68. The molecule has 0 atom stereocenters. The summed E-state index contributed by atoms with van der Waals surface area (Å²) in [6, 6.07) is 0. The maximum atomic E-state index is 7.14. The Bertz CT molecular complexity index is 150. The van der Waals surface area contributed by atoms with Crippen LogP contribution in [0.3, 0.4) is 0 Å². The zero-order chi connectivity index (χ0) is 8.15. The first-order chi connectivity index (χ1) is 4.59. The molecule has 0 spiro atoms. The molecule has 10 heavy (non-hydrogen) atoms. The van der Waals surface area contributed by atoms with E-state index >= 15 is 0 Å². The minimum absolute atomic E-state index is 0.115. The van der Waals surface area contributed by atoms with Crippen LogP contribution in [0.5, 0.6) is 0 Å². The number of nitrogens with one attached hydrogen (secondary N) is 2. The van der Waals surface area contributed by atoms with Crippen LogP contribution in [0.25, 0.3) is 0 Å². The number of rotatable bonds is 3. The lowest BCUT2D eigenvalue weighted by molar-refractivity contribution is 0.793. The third-order valence-electron chi connectivity index (χ3n) is 1.18. The summed E-state index contributed by atoms with van der Waals surface area (Å²) >= 11 is 5.49. The van der Waals surface area contributed by atoms with Crippen LogP contribution in [0.4, 0.5) is 0 Å². The van der Waals surface area contributed by atoms with E-state index in [1.807, 2.05) is 13.8 Å². The minimum Gasteiger partial charge on any atom is -0.394 e. The Morgan fingerprint density at radius 3 is 2.20 bits per heavy atom. The Kier molecular flexibility index (Phi) is 4.12. The average molecular weight is 161 g/mol. The molecule has 0 aromatic heterocycles. The van der Waals surface area contributed by atoms with Gasteiger partial charge < -0.3 is 5.32 Å². The topological polar surface area (TPSA) is 35.9 Å². The molecule has 0 fully saturated rings. The summed E-state index contributed by atoms with van der Waals surface area (Å²) in [6.07, 6.45) is 1.75. The van der Waals surface area contributed by atoms with Gasteiger partial charge in [-0.1, -0.05) is 25.4 Å². The van der Waals surface area contributed by atoms with Crippen LogP contribution < -0.4 is 5.32 Å². The molecular weight excluding hydrogens is 148 g/mol. The van der Waals surface area contributed by atoms with Gasteiger partial charge >= 0.3 is 0 Å². The lowest BCUT2D eigenvalue weighted by Crippen LogP contribution is -2.06. The molecule has 58 valence electrons. The minimum atomic E-state index is 0.115. The van der Waals surface area contributed by atoms with Crippen molar-refractivity contribution in [3.8, 4) is 0 Å². The van der Waals surface area contributed by atoms with Gasteiger partial charge in [0.1, 0.15) is 5.17 Å². The molecule has 0 saturated carbocycles. The highest BCUT2D eigenvalue weighted by Gasteiger charge is 2.05. The third-order valence-corrected chi connectivity index (χ3v) is 1.39. The van der Waals surface area contributed by atoms with Gasteiger partial charge in [-0.2, -0.15) is 0 Å². The van der Waals surface area contributed by atoms with Crippen molar-refractivity contribution >= 4 is 16.8 Å². The molecule has 0 aliphatic carbocycles. The van der Waals surface area contributed by atoms with Gasteiger partial charge in [-0.05, 0) is 5.92 Å². The molecule has 2 nitrogen and oxygen atoms in total. The van der Waals surface area contributed by atoms with Crippen molar-refractivity contribution in [2.75, 3.05) is 7.05 Å². The number of hydrogen-bond acceptors (Lipinski definition) is 2. The van der Waals surface area contributed by atoms with Crippen LogP contribution in [0, 0.1) is 11.3 Å². The number of allylic oxidation sites excluding steroid dienone is 1. The van der Waals surface area contributed by atoms with Gasteiger partial charge in [0.05, 0.1) is 0 Å². The second-order valence-corrected chi connectivity index (χ2v) is 2.74. The summed E-state index contributed by atoms with van der Waals surface area (Å²) < 4.78 is 0. The van der Waals surface area contributed by atoms with Gasteiger partial charge in [-0.3, -0.25) is 5.41 Å². The summed E-state index contributed by atoms with van der Waals surface area (Å²) in [4.78, 5) is 0. The van der Waals surface area contributed by atoms with Gasteiger partial charge in [-0.15, -0.1) is 0 Å². The van der Waals surface area contributed by atoms with Gasteiger partial charge in [0.25, 0.3) is 0 Å². The van der Waals surface area contributed by atoms with Crippen molar-refractivity contribution in [3.63, 3.8) is 0 Å². The quantitative estimate of drug-likeness (QED) is 0.609. The summed E-state index contributed by atoms with van der Waals surface area (Å²) in [5.41, 5.74) is 0.837. The fourth-order valence-corrected chi connectivity index (χ4v) is 0.912. The standard InChI is InChI=1S/C7H13ClN2/c1-5(2)6(4-10-3)7(8)9/h4-5,9-10H,1-3H3/b6-4-,9-7?. The molecule has 0 radical (unpaired) electrons. The zero-order valence-electron chi connectivity index (χ0n) is 6.53. The molecule has 0 saturated heterocycles. The van der Waals surface area contributed by atoms with E-state index in [1.165, 1.54) is 0 Å². The van der Waals surface area contributed by atoms with Crippen LogP contribution in [0.15, 0.2) is 11.8 Å². The normalized spacial score (nSPS) is 11.9. The van der Waals surface area contributed by atoms with E-state index in [-0.39, 0.29) is 5.17 Å². The van der Waals surface area contributed by atoms with Gasteiger partial charge in [0.15, 0.2) is 0 Å². The van der Waals surface area contributed by atoms with E-state index in [4.69, 9.17) is 17.0 Å². The van der Waals surface area contributed by atoms with Crippen molar-refractivity contribution in [2.45, 2.75) is 13.8 Å². The van der Waals surface area contributed by atoms with Crippen molar-refractivity contribution in [1.82, 2.24) is 5.32 Å². The molecule has 0 rings (SSSR count). The van der Waals surface area contributed by atoms with E-state index < -0.39 is 0 Å². The monoisotopic (exact) mass is 160 g/mol. The lowest BCUT2D eigenvalue weighted by Gasteiger charge is -2.06. The highest BCUT2D eigenvalue weighted by atomic mass is 35.5. The molecule has 0 aromatic carbocycles. The lowest BCUT2D eigenvalue weighted by atomic mass is 10.1. The average Bonchev–Trinajstić information content (AvgIpc) is 1.81. The summed E-state index contributed by atoms with van der Waals surface area (Å²) in [5, 5.41) is 10.1. The van der Waals surface area contributed by atoms with E-state index in [0.717, 1.165) is 5.57 Å². The first-order valence-electron chi connectivity index (χ1n) is 3.21. The third kappa shape index (κ3) is 2.87. The Morgan fingerprint density at radius 2 is 2.10 bits per heavy atom. The SMILES string of the molecule is CN/C=C(\C(=N)Cl)C(C)C. The Balaban J connectivity index is 4.27.